The van der Waals surface area contributed by atoms with E-state index in [0.717, 1.165) is 17.7 Å². The van der Waals surface area contributed by atoms with Gasteiger partial charge in [-0.1, -0.05) is 6.07 Å². The summed E-state index contributed by atoms with van der Waals surface area (Å²) in [6.45, 7) is 5.25. The van der Waals surface area contributed by atoms with Crippen molar-refractivity contribution in [2.45, 2.75) is 32.5 Å². The van der Waals surface area contributed by atoms with Gasteiger partial charge in [-0.15, -0.1) is 0 Å². The molecular formula is C14H23NO3. The molecule has 2 N–H and O–H groups in total. The molecule has 1 rings (SSSR count). The first-order valence-electron chi connectivity index (χ1n) is 6.04. The number of hydrogen-bond donors (Lipinski definition) is 1. The van der Waals surface area contributed by atoms with Gasteiger partial charge in [0, 0.05) is 31.0 Å². The molecule has 0 radical (unpaired) electrons. The minimum absolute atomic E-state index is 0.148. The number of hydrogen-bond acceptors (Lipinski definition) is 4. The molecule has 0 fully saturated rings. The third-order valence-corrected chi connectivity index (χ3v) is 2.97. The van der Waals surface area contributed by atoms with Crippen LogP contribution in [0.4, 0.5) is 5.69 Å². The summed E-state index contributed by atoms with van der Waals surface area (Å²) in [6.07, 6.45) is 0.848. The maximum absolute atomic E-state index is 5.70. The number of nitrogens with two attached hydrogens (primary N) is 1. The van der Waals surface area contributed by atoms with E-state index in [9.17, 15) is 0 Å². The van der Waals surface area contributed by atoms with Crippen LogP contribution in [-0.2, 0) is 16.1 Å². The Kier molecular flexibility index (Phi) is 5.44. The second kappa shape index (κ2) is 6.61. The van der Waals surface area contributed by atoms with Gasteiger partial charge in [0.25, 0.3) is 0 Å². The molecule has 0 aliphatic rings. The first-order chi connectivity index (χ1) is 8.48. The highest BCUT2D eigenvalue weighted by molar-refractivity contribution is 5.48. The molecule has 0 aromatic heterocycles. The Balaban J connectivity index is 2.44. The fraction of sp³-hybridized carbons (Fsp3) is 0.571. The van der Waals surface area contributed by atoms with Crippen LogP contribution in [-0.4, -0.2) is 26.4 Å². The molecule has 0 atom stereocenters. The smallest absolute Gasteiger partial charge is 0.126 e. The van der Waals surface area contributed by atoms with Crippen molar-refractivity contribution < 1.29 is 14.2 Å². The first kappa shape index (κ1) is 14.8. The summed E-state index contributed by atoms with van der Waals surface area (Å²) < 4.78 is 16.2. The molecule has 0 aliphatic heterocycles. The number of methoxy groups -OCH3 is 2. The van der Waals surface area contributed by atoms with E-state index < -0.39 is 0 Å². The molecule has 0 aliphatic carbocycles. The van der Waals surface area contributed by atoms with Crippen molar-refractivity contribution in [3.8, 4) is 5.75 Å². The predicted molar refractivity (Wildman–Crippen MR) is 72.8 cm³/mol. The van der Waals surface area contributed by atoms with Gasteiger partial charge < -0.3 is 19.9 Å². The SMILES string of the molecule is COc1cc(N)ccc1COCCC(C)(C)OC. The Bertz CT molecular complexity index is 377. The number of nitrogen functional groups attached to an aromatic ring is 1. The third-order valence-electron chi connectivity index (χ3n) is 2.97. The largest absolute Gasteiger partial charge is 0.496 e. The predicted octanol–water partition coefficient (Wildman–Crippen LogP) is 2.61. The lowest BCUT2D eigenvalue weighted by atomic mass is 10.1. The maximum Gasteiger partial charge on any atom is 0.126 e. The van der Waals surface area contributed by atoms with Crippen LogP contribution in [0.1, 0.15) is 25.8 Å². The summed E-state index contributed by atoms with van der Waals surface area (Å²) in [7, 11) is 3.34. The van der Waals surface area contributed by atoms with Crippen molar-refractivity contribution >= 4 is 5.69 Å². The van der Waals surface area contributed by atoms with Gasteiger partial charge in [-0.25, -0.2) is 0 Å². The molecule has 1 aromatic carbocycles. The lowest BCUT2D eigenvalue weighted by Gasteiger charge is -2.22. The fourth-order valence-electron chi connectivity index (χ4n) is 1.48. The summed E-state index contributed by atoms with van der Waals surface area (Å²) in [4.78, 5) is 0. The Morgan fingerprint density at radius 2 is 1.94 bits per heavy atom. The molecule has 0 unspecified atom stereocenters. The number of anilines is 1. The zero-order chi connectivity index (χ0) is 13.6. The average molecular weight is 253 g/mol. The molecule has 0 saturated heterocycles. The molecule has 0 heterocycles. The first-order valence-corrected chi connectivity index (χ1v) is 6.04. The van der Waals surface area contributed by atoms with Gasteiger partial charge in [0.15, 0.2) is 0 Å². The van der Waals surface area contributed by atoms with Gasteiger partial charge in [0.1, 0.15) is 5.75 Å². The highest BCUT2D eigenvalue weighted by Crippen LogP contribution is 2.22. The lowest BCUT2D eigenvalue weighted by Crippen LogP contribution is -2.24. The zero-order valence-electron chi connectivity index (χ0n) is 11.7. The van der Waals surface area contributed by atoms with Crippen molar-refractivity contribution in [1.29, 1.82) is 0 Å². The van der Waals surface area contributed by atoms with E-state index in [2.05, 4.69) is 0 Å². The number of ether oxygens (including phenoxy) is 3. The zero-order valence-corrected chi connectivity index (χ0v) is 11.7. The normalized spacial score (nSPS) is 11.6. The summed E-state index contributed by atoms with van der Waals surface area (Å²) in [5.41, 5.74) is 7.24. The van der Waals surface area contributed by atoms with Crippen molar-refractivity contribution in [3.63, 3.8) is 0 Å². The molecule has 18 heavy (non-hydrogen) atoms. The van der Waals surface area contributed by atoms with E-state index >= 15 is 0 Å². The van der Waals surface area contributed by atoms with Crippen LogP contribution < -0.4 is 10.5 Å². The standard InChI is InChI=1S/C14H23NO3/c1-14(2,17-4)7-8-18-10-11-5-6-12(15)9-13(11)16-3/h5-6,9H,7-8,10,15H2,1-4H3. The van der Waals surface area contributed by atoms with Crippen molar-refractivity contribution in [2.75, 3.05) is 26.6 Å². The molecular weight excluding hydrogens is 230 g/mol. The summed E-state index contributed by atoms with van der Waals surface area (Å²) in [6, 6.07) is 5.58. The average Bonchev–Trinajstić information content (AvgIpc) is 2.36. The van der Waals surface area contributed by atoms with Crippen LogP contribution in [0.3, 0.4) is 0 Å². The monoisotopic (exact) mass is 253 g/mol. The highest BCUT2D eigenvalue weighted by Gasteiger charge is 2.15. The van der Waals surface area contributed by atoms with E-state index in [1.807, 2.05) is 26.0 Å². The van der Waals surface area contributed by atoms with E-state index in [0.29, 0.717) is 18.9 Å². The van der Waals surface area contributed by atoms with E-state index in [4.69, 9.17) is 19.9 Å². The van der Waals surface area contributed by atoms with Gasteiger partial charge in [0.2, 0.25) is 0 Å². The Morgan fingerprint density at radius 3 is 2.56 bits per heavy atom. The molecule has 102 valence electrons. The number of rotatable bonds is 7. The molecule has 0 bridgehead atoms. The van der Waals surface area contributed by atoms with Crippen LogP contribution >= 0.6 is 0 Å². The molecule has 0 spiro atoms. The molecule has 1 aromatic rings. The van der Waals surface area contributed by atoms with Gasteiger partial charge in [-0.2, -0.15) is 0 Å². The highest BCUT2D eigenvalue weighted by atomic mass is 16.5. The van der Waals surface area contributed by atoms with Crippen LogP contribution in [0.25, 0.3) is 0 Å². The Labute approximate surface area is 109 Å². The summed E-state index contributed by atoms with van der Waals surface area (Å²) >= 11 is 0. The molecule has 4 nitrogen and oxygen atoms in total. The van der Waals surface area contributed by atoms with Crippen LogP contribution in [0, 0.1) is 0 Å². The lowest BCUT2D eigenvalue weighted by molar-refractivity contribution is -0.0126. The number of benzene rings is 1. The van der Waals surface area contributed by atoms with E-state index in [1.54, 1.807) is 20.3 Å². The molecule has 4 heteroatoms. The van der Waals surface area contributed by atoms with Crippen molar-refractivity contribution in [1.82, 2.24) is 0 Å². The second-order valence-electron chi connectivity index (χ2n) is 4.84. The van der Waals surface area contributed by atoms with Gasteiger partial charge in [-0.3, -0.25) is 0 Å². The third kappa shape index (κ3) is 4.55. The molecule has 0 amide bonds. The van der Waals surface area contributed by atoms with Gasteiger partial charge in [0.05, 0.1) is 19.3 Å². The van der Waals surface area contributed by atoms with Crippen molar-refractivity contribution in [2.24, 2.45) is 0 Å². The van der Waals surface area contributed by atoms with Gasteiger partial charge >= 0.3 is 0 Å². The quantitative estimate of drug-likeness (QED) is 0.599. The summed E-state index contributed by atoms with van der Waals surface area (Å²) in [5, 5.41) is 0. The fourth-order valence-corrected chi connectivity index (χ4v) is 1.48. The van der Waals surface area contributed by atoms with Crippen LogP contribution in [0.5, 0.6) is 5.75 Å². The van der Waals surface area contributed by atoms with E-state index in [-0.39, 0.29) is 5.60 Å². The van der Waals surface area contributed by atoms with Crippen LogP contribution in [0.15, 0.2) is 18.2 Å². The Morgan fingerprint density at radius 1 is 1.22 bits per heavy atom. The topological polar surface area (TPSA) is 53.7 Å². The minimum Gasteiger partial charge on any atom is -0.496 e. The molecule has 0 saturated carbocycles. The van der Waals surface area contributed by atoms with E-state index in [1.165, 1.54) is 0 Å². The summed E-state index contributed by atoms with van der Waals surface area (Å²) in [5.74, 6) is 0.765. The maximum atomic E-state index is 5.70. The van der Waals surface area contributed by atoms with Gasteiger partial charge in [-0.05, 0) is 26.3 Å². The Hall–Kier alpha value is -1.26. The second-order valence-corrected chi connectivity index (χ2v) is 4.84. The van der Waals surface area contributed by atoms with Crippen molar-refractivity contribution in [3.05, 3.63) is 23.8 Å². The van der Waals surface area contributed by atoms with Crippen LogP contribution in [0.2, 0.25) is 0 Å². The minimum atomic E-state index is -0.148.